The molecule has 3 heterocycles. The molecular weight excluding hydrogens is 361 g/mol. The van der Waals surface area contributed by atoms with Crippen molar-refractivity contribution in [2.75, 3.05) is 6.54 Å². The molecule has 0 aliphatic carbocycles. The third-order valence-electron chi connectivity index (χ3n) is 5.10. The number of hydrogen-bond acceptors (Lipinski definition) is 3. The van der Waals surface area contributed by atoms with Gasteiger partial charge in [0.15, 0.2) is 0 Å². The van der Waals surface area contributed by atoms with Gasteiger partial charge in [-0.05, 0) is 56.5 Å². The summed E-state index contributed by atoms with van der Waals surface area (Å²) in [5.74, 6) is 0.765. The number of carbonyl (C=O) groups excluding carboxylic acids is 1. The van der Waals surface area contributed by atoms with Gasteiger partial charge in [-0.1, -0.05) is 12.1 Å². The number of aromatic nitrogens is 2. The molecule has 4 nitrogen and oxygen atoms in total. The number of aryl methyl sites for hydroxylation is 2. The highest BCUT2D eigenvalue weighted by Crippen LogP contribution is 2.34. The topological polar surface area (TPSA) is 38.1 Å². The van der Waals surface area contributed by atoms with Crippen LogP contribution in [0.15, 0.2) is 42.6 Å². The zero-order valence-corrected chi connectivity index (χ0v) is 16.3. The average molecular weight is 383 g/mol. The maximum atomic E-state index is 13.2. The van der Waals surface area contributed by atoms with Gasteiger partial charge >= 0.3 is 0 Å². The Hall–Kier alpha value is -2.47. The summed E-state index contributed by atoms with van der Waals surface area (Å²) >= 11 is 1.54. The van der Waals surface area contributed by atoms with E-state index in [4.69, 9.17) is 0 Å². The van der Waals surface area contributed by atoms with E-state index in [1.165, 1.54) is 23.5 Å². The zero-order valence-electron chi connectivity index (χ0n) is 15.5. The molecule has 2 aromatic heterocycles. The maximum Gasteiger partial charge on any atom is 0.264 e. The highest BCUT2D eigenvalue weighted by atomic mass is 32.1. The van der Waals surface area contributed by atoms with Crippen LogP contribution in [0.2, 0.25) is 0 Å². The molecule has 1 saturated heterocycles. The maximum absolute atomic E-state index is 13.2. The van der Waals surface area contributed by atoms with Crippen molar-refractivity contribution in [2.24, 2.45) is 0 Å². The van der Waals surface area contributed by atoms with Crippen molar-refractivity contribution in [3.05, 3.63) is 75.2 Å². The molecule has 0 N–H and O–H groups in total. The predicted molar refractivity (Wildman–Crippen MR) is 105 cm³/mol. The van der Waals surface area contributed by atoms with Crippen LogP contribution in [0, 0.1) is 19.7 Å². The Morgan fingerprint density at radius 3 is 2.70 bits per heavy atom. The molecule has 1 aliphatic rings. The number of nitrogens with zero attached hydrogens (tertiary/aromatic N) is 3. The first kappa shape index (κ1) is 17.9. The monoisotopic (exact) mass is 383 g/mol. The lowest BCUT2D eigenvalue weighted by Gasteiger charge is -2.25. The number of hydrogen-bond donors (Lipinski definition) is 0. The highest BCUT2D eigenvalue weighted by molar-refractivity contribution is 7.13. The number of imidazole rings is 1. The zero-order chi connectivity index (χ0) is 19.0. The van der Waals surface area contributed by atoms with E-state index >= 15 is 0 Å². The number of carbonyl (C=O) groups is 1. The van der Waals surface area contributed by atoms with Gasteiger partial charge in [-0.25, -0.2) is 9.37 Å². The Balaban J connectivity index is 1.62. The van der Waals surface area contributed by atoms with Gasteiger partial charge in [0.1, 0.15) is 11.6 Å². The molecule has 1 atom stereocenters. The minimum absolute atomic E-state index is 0.0194. The standard InChI is InChI=1S/C21H22FN3OS/c1-14-12-23-20(25(14)13-16-6-8-17(22)9-7-16)18-4-3-11-24(18)21(26)19-10-5-15(2)27-19/h5-10,12,18H,3-4,11,13H2,1-2H3. The molecule has 0 bridgehead atoms. The van der Waals surface area contributed by atoms with Crippen molar-refractivity contribution in [1.29, 1.82) is 0 Å². The number of thiophene rings is 1. The quantitative estimate of drug-likeness (QED) is 0.653. The Bertz CT molecular complexity index is 960. The Kier molecular flexibility index (Phi) is 4.83. The normalized spacial score (nSPS) is 16.9. The average Bonchev–Trinajstić information content (AvgIpc) is 3.37. The van der Waals surface area contributed by atoms with Crippen molar-refractivity contribution in [3.63, 3.8) is 0 Å². The second-order valence-electron chi connectivity index (χ2n) is 7.04. The van der Waals surface area contributed by atoms with Crippen molar-refractivity contribution < 1.29 is 9.18 Å². The van der Waals surface area contributed by atoms with E-state index in [9.17, 15) is 9.18 Å². The van der Waals surface area contributed by atoms with Crippen molar-refractivity contribution >= 4 is 17.2 Å². The first-order valence-electron chi connectivity index (χ1n) is 9.17. The molecule has 1 amide bonds. The van der Waals surface area contributed by atoms with E-state index in [-0.39, 0.29) is 17.8 Å². The first-order valence-corrected chi connectivity index (χ1v) is 9.98. The summed E-state index contributed by atoms with van der Waals surface area (Å²) < 4.78 is 15.4. The van der Waals surface area contributed by atoms with E-state index in [2.05, 4.69) is 9.55 Å². The van der Waals surface area contributed by atoms with Crippen LogP contribution in [-0.2, 0) is 6.54 Å². The lowest BCUT2D eigenvalue weighted by Crippen LogP contribution is -2.31. The number of rotatable bonds is 4. The van der Waals surface area contributed by atoms with Crippen LogP contribution < -0.4 is 0 Å². The Morgan fingerprint density at radius 2 is 2.00 bits per heavy atom. The lowest BCUT2D eigenvalue weighted by atomic mass is 10.1. The van der Waals surface area contributed by atoms with Gasteiger partial charge in [0, 0.05) is 29.9 Å². The summed E-state index contributed by atoms with van der Waals surface area (Å²) in [5, 5.41) is 0. The molecule has 6 heteroatoms. The van der Waals surface area contributed by atoms with Gasteiger partial charge in [-0.2, -0.15) is 0 Å². The number of likely N-dealkylation sites (tertiary alicyclic amines) is 1. The molecule has 1 aliphatic heterocycles. The molecular formula is C21H22FN3OS. The van der Waals surface area contributed by atoms with Crippen molar-refractivity contribution in [2.45, 2.75) is 39.3 Å². The predicted octanol–water partition coefficient (Wildman–Crippen LogP) is 4.73. The molecule has 27 heavy (non-hydrogen) atoms. The molecule has 1 unspecified atom stereocenters. The highest BCUT2D eigenvalue weighted by Gasteiger charge is 2.34. The van der Waals surface area contributed by atoms with Crippen LogP contribution in [-0.4, -0.2) is 26.9 Å². The van der Waals surface area contributed by atoms with Crippen LogP contribution in [0.4, 0.5) is 4.39 Å². The summed E-state index contributed by atoms with van der Waals surface area (Å²) in [5.41, 5.74) is 2.06. The molecule has 0 spiro atoms. The summed E-state index contributed by atoms with van der Waals surface area (Å²) in [6.07, 6.45) is 3.74. The van der Waals surface area contributed by atoms with Gasteiger partial charge in [0.2, 0.25) is 0 Å². The van der Waals surface area contributed by atoms with Crippen LogP contribution in [0.1, 0.15) is 50.5 Å². The Labute approximate surface area is 162 Å². The van der Waals surface area contributed by atoms with Gasteiger partial charge < -0.3 is 9.47 Å². The van der Waals surface area contributed by atoms with E-state index in [1.54, 1.807) is 12.1 Å². The summed E-state index contributed by atoms with van der Waals surface area (Å²) in [6, 6.07) is 10.4. The molecule has 0 radical (unpaired) electrons. The fourth-order valence-corrected chi connectivity index (χ4v) is 4.52. The fourth-order valence-electron chi connectivity index (χ4n) is 3.69. The smallest absolute Gasteiger partial charge is 0.264 e. The summed E-state index contributed by atoms with van der Waals surface area (Å²) in [7, 11) is 0. The summed E-state index contributed by atoms with van der Waals surface area (Å²) in [6.45, 7) is 5.41. The molecule has 1 fully saturated rings. The number of amides is 1. The number of halogens is 1. The van der Waals surface area contributed by atoms with E-state index in [1.807, 2.05) is 37.1 Å². The largest absolute Gasteiger partial charge is 0.328 e. The SMILES string of the molecule is Cc1ccc(C(=O)N2CCCC2c2ncc(C)n2Cc2ccc(F)cc2)s1. The minimum Gasteiger partial charge on any atom is -0.328 e. The van der Waals surface area contributed by atoms with Crippen LogP contribution in [0.3, 0.4) is 0 Å². The van der Waals surface area contributed by atoms with Gasteiger partial charge in [0.25, 0.3) is 5.91 Å². The third-order valence-corrected chi connectivity index (χ3v) is 6.09. The fraction of sp³-hybridized carbons (Fsp3) is 0.333. The van der Waals surface area contributed by atoms with E-state index in [0.29, 0.717) is 6.54 Å². The van der Waals surface area contributed by atoms with E-state index < -0.39 is 0 Å². The lowest BCUT2D eigenvalue weighted by molar-refractivity contribution is 0.0732. The van der Waals surface area contributed by atoms with Gasteiger partial charge in [-0.3, -0.25) is 4.79 Å². The molecule has 1 aromatic carbocycles. The van der Waals surface area contributed by atoms with Crippen LogP contribution in [0.25, 0.3) is 0 Å². The third kappa shape index (κ3) is 3.54. The second kappa shape index (κ2) is 7.27. The second-order valence-corrected chi connectivity index (χ2v) is 8.33. The van der Waals surface area contributed by atoms with Crippen LogP contribution >= 0.6 is 11.3 Å². The molecule has 3 aromatic rings. The minimum atomic E-state index is -0.236. The van der Waals surface area contributed by atoms with Crippen molar-refractivity contribution in [1.82, 2.24) is 14.5 Å². The van der Waals surface area contributed by atoms with Gasteiger partial charge in [0.05, 0.1) is 10.9 Å². The van der Waals surface area contributed by atoms with Crippen molar-refractivity contribution in [3.8, 4) is 0 Å². The Morgan fingerprint density at radius 1 is 1.22 bits per heavy atom. The van der Waals surface area contributed by atoms with Gasteiger partial charge in [-0.15, -0.1) is 11.3 Å². The molecule has 140 valence electrons. The summed E-state index contributed by atoms with van der Waals surface area (Å²) in [4.78, 5) is 21.5. The molecule has 4 rings (SSSR count). The molecule has 0 saturated carbocycles. The van der Waals surface area contributed by atoms with E-state index in [0.717, 1.165) is 46.2 Å². The first-order chi connectivity index (χ1) is 13.0. The number of benzene rings is 1. The van der Waals surface area contributed by atoms with Crippen LogP contribution in [0.5, 0.6) is 0 Å².